The summed E-state index contributed by atoms with van der Waals surface area (Å²) in [5.41, 5.74) is 4.65. The van der Waals surface area contributed by atoms with Gasteiger partial charge in [-0.3, -0.25) is 14.5 Å². The maximum absolute atomic E-state index is 12.9. The molecule has 0 aliphatic rings. The van der Waals surface area contributed by atoms with Crippen LogP contribution in [-0.4, -0.2) is 34.7 Å². The minimum Gasteiger partial charge on any atom is -0.354 e. The quantitative estimate of drug-likeness (QED) is 0.636. The predicted molar refractivity (Wildman–Crippen MR) is 111 cm³/mol. The molecule has 1 aromatic heterocycles. The van der Waals surface area contributed by atoms with E-state index >= 15 is 0 Å². The Hall–Kier alpha value is -2.40. The van der Waals surface area contributed by atoms with Gasteiger partial charge < -0.3 is 10.3 Å². The first-order valence-corrected chi connectivity index (χ1v) is 9.76. The average Bonchev–Trinajstić information content (AvgIpc) is 2.96. The number of aryl methyl sites for hydroxylation is 1. The van der Waals surface area contributed by atoms with Crippen molar-refractivity contribution in [3.8, 4) is 0 Å². The number of ketones is 1. The number of aromatic amines is 1. The summed E-state index contributed by atoms with van der Waals surface area (Å²) in [7, 11) is 0. The van der Waals surface area contributed by atoms with Gasteiger partial charge in [0.25, 0.3) is 5.91 Å². The van der Waals surface area contributed by atoms with Crippen molar-refractivity contribution in [2.45, 2.75) is 54.0 Å². The Bertz CT molecular complexity index is 804. The number of aromatic nitrogens is 1. The summed E-state index contributed by atoms with van der Waals surface area (Å²) < 4.78 is 0. The number of benzene rings is 1. The lowest BCUT2D eigenvalue weighted by Crippen LogP contribution is -2.22. The van der Waals surface area contributed by atoms with Crippen molar-refractivity contribution in [2.75, 3.05) is 18.4 Å². The minimum atomic E-state index is -0.200. The van der Waals surface area contributed by atoms with E-state index < -0.39 is 0 Å². The summed E-state index contributed by atoms with van der Waals surface area (Å²) in [6.07, 6.45) is 1.57. The molecule has 0 unspecified atom stereocenters. The number of hydrogen-bond acceptors (Lipinski definition) is 3. The van der Waals surface area contributed by atoms with E-state index in [-0.39, 0.29) is 11.7 Å². The molecule has 0 aliphatic heterocycles. The Morgan fingerprint density at radius 3 is 2.44 bits per heavy atom. The van der Waals surface area contributed by atoms with Crippen molar-refractivity contribution < 1.29 is 9.59 Å². The summed E-state index contributed by atoms with van der Waals surface area (Å²) in [5.74, 6) is -0.207. The van der Waals surface area contributed by atoms with E-state index in [4.69, 9.17) is 0 Å². The number of nitrogens with one attached hydrogen (secondary N) is 2. The van der Waals surface area contributed by atoms with Crippen LogP contribution in [0.25, 0.3) is 0 Å². The lowest BCUT2D eigenvalue weighted by atomic mass is 10.0. The minimum absolute atomic E-state index is 0.00697. The van der Waals surface area contributed by atoms with Gasteiger partial charge in [-0.15, -0.1) is 0 Å². The van der Waals surface area contributed by atoms with Crippen LogP contribution in [-0.2, 0) is 13.0 Å². The maximum Gasteiger partial charge on any atom is 0.272 e. The lowest BCUT2D eigenvalue weighted by Gasteiger charge is -2.18. The van der Waals surface area contributed by atoms with Crippen molar-refractivity contribution in [1.29, 1.82) is 0 Å². The summed E-state index contributed by atoms with van der Waals surface area (Å²) in [5, 5.41) is 2.99. The second-order valence-electron chi connectivity index (χ2n) is 6.90. The van der Waals surface area contributed by atoms with E-state index in [2.05, 4.69) is 35.1 Å². The molecule has 5 nitrogen and oxygen atoms in total. The molecular formula is C22H31N3O2. The Labute approximate surface area is 162 Å². The van der Waals surface area contributed by atoms with Crippen molar-refractivity contribution in [2.24, 2.45) is 0 Å². The highest BCUT2D eigenvalue weighted by Gasteiger charge is 2.22. The van der Waals surface area contributed by atoms with Crippen LogP contribution in [0.4, 0.5) is 5.69 Å². The number of anilines is 1. The Morgan fingerprint density at radius 2 is 1.85 bits per heavy atom. The zero-order valence-electron chi connectivity index (χ0n) is 17.1. The summed E-state index contributed by atoms with van der Waals surface area (Å²) in [4.78, 5) is 30.3. The van der Waals surface area contributed by atoms with Crippen molar-refractivity contribution in [3.63, 3.8) is 0 Å². The first kappa shape index (κ1) is 20.9. The molecule has 5 heteroatoms. The number of rotatable bonds is 9. The van der Waals surface area contributed by atoms with Crippen molar-refractivity contribution in [1.82, 2.24) is 9.88 Å². The van der Waals surface area contributed by atoms with Gasteiger partial charge in [-0.2, -0.15) is 0 Å². The molecule has 2 aromatic rings. The predicted octanol–water partition coefficient (Wildman–Crippen LogP) is 4.57. The Balaban J connectivity index is 2.25. The van der Waals surface area contributed by atoms with E-state index in [1.165, 1.54) is 0 Å². The van der Waals surface area contributed by atoms with Crippen LogP contribution < -0.4 is 5.32 Å². The molecular weight excluding hydrogens is 338 g/mol. The number of H-pyrrole nitrogens is 1. The normalized spacial score (nSPS) is 11.0. The van der Waals surface area contributed by atoms with Gasteiger partial charge in [0.1, 0.15) is 5.69 Å². The molecule has 0 atom stereocenters. The van der Waals surface area contributed by atoms with Crippen LogP contribution in [0.1, 0.15) is 71.8 Å². The van der Waals surface area contributed by atoms with Gasteiger partial charge in [-0.05, 0) is 56.6 Å². The fraction of sp³-hybridized carbons (Fsp3) is 0.455. The van der Waals surface area contributed by atoms with E-state index in [0.29, 0.717) is 17.7 Å². The molecule has 2 rings (SSSR count). The summed E-state index contributed by atoms with van der Waals surface area (Å²) >= 11 is 0. The lowest BCUT2D eigenvalue weighted by molar-refractivity contribution is 0.101. The van der Waals surface area contributed by atoms with Gasteiger partial charge in [0.05, 0.1) is 0 Å². The van der Waals surface area contributed by atoms with E-state index in [1.54, 1.807) is 6.92 Å². The maximum atomic E-state index is 12.9. The average molecular weight is 370 g/mol. The van der Waals surface area contributed by atoms with Crippen LogP contribution in [0.2, 0.25) is 0 Å². The smallest absolute Gasteiger partial charge is 0.272 e. The van der Waals surface area contributed by atoms with Gasteiger partial charge in [-0.25, -0.2) is 0 Å². The van der Waals surface area contributed by atoms with Crippen LogP contribution in [0.5, 0.6) is 0 Å². The highest BCUT2D eigenvalue weighted by molar-refractivity contribution is 6.07. The van der Waals surface area contributed by atoms with Gasteiger partial charge in [0, 0.05) is 23.5 Å². The van der Waals surface area contributed by atoms with Crippen molar-refractivity contribution in [3.05, 3.63) is 52.3 Å². The number of Topliss-reactive ketones (excluding diaryl/α,β-unsaturated/α-hetero) is 1. The number of amides is 1. The molecule has 1 aromatic carbocycles. The molecule has 27 heavy (non-hydrogen) atoms. The first-order chi connectivity index (χ1) is 12.9. The number of hydrogen-bond donors (Lipinski definition) is 2. The molecule has 0 saturated heterocycles. The second kappa shape index (κ2) is 9.51. The Kier molecular flexibility index (Phi) is 7.36. The van der Waals surface area contributed by atoms with Gasteiger partial charge in [0.15, 0.2) is 5.78 Å². The zero-order valence-corrected chi connectivity index (χ0v) is 17.1. The monoisotopic (exact) mass is 369 g/mol. The molecule has 0 saturated carbocycles. The van der Waals surface area contributed by atoms with Gasteiger partial charge in [0.2, 0.25) is 0 Å². The molecule has 1 heterocycles. The van der Waals surface area contributed by atoms with Crippen molar-refractivity contribution >= 4 is 17.4 Å². The van der Waals surface area contributed by atoms with Crippen LogP contribution in [0, 0.1) is 6.92 Å². The van der Waals surface area contributed by atoms with Crippen LogP contribution in [0.3, 0.4) is 0 Å². The molecule has 0 aliphatic carbocycles. The fourth-order valence-corrected chi connectivity index (χ4v) is 3.49. The van der Waals surface area contributed by atoms with E-state index in [9.17, 15) is 9.59 Å². The second-order valence-corrected chi connectivity index (χ2v) is 6.90. The number of carbonyl (C=O) groups excluding carboxylic acids is 2. The largest absolute Gasteiger partial charge is 0.354 e. The SMILES string of the molecule is CCCc1c(C(=O)Nc2cccc(CN(CC)CC)c2)[nH]c(C)c1C(C)=O. The third kappa shape index (κ3) is 5.07. The number of carbonyl (C=O) groups is 2. The third-order valence-electron chi connectivity index (χ3n) is 4.86. The Morgan fingerprint density at radius 1 is 1.15 bits per heavy atom. The molecule has 0 fully saturated rings. The van der Waals surface area contributed by atoms with Crippen LogP contribution >= 0.6 is 0 Å². The molecule has 146 valence electrons. The molecule has 0 bridgehead atoms. The third-order valence-corrected chi connectivity index (χ3v) is 4.86. The van der Waals surface area contributed by atoms with E-state index in [0.717, 1.165) is 48.6 Å². The highest BCUT2D eigenvalue weighted by atomic mass is 16.2. The standard InChI is InChI=1S/C22H31N3O2/c1-6-10-19-20(16(5)26)15(4)23-21(19)22(27)24-18-12-9-11-17(13-18)14-25(7-2)8-3/h9,11-13,23H,6-8,10,14H2,1-5H3,(H,24,27). The van der Waals surface area contributed by atoms with Gasteiger partial charge in [-0.1, -0.05) is 39.3 Å². The van der Waals surface area contributed by atoms with Gasteiger partial charge >= 0.3 is 0 Å². The topological polar surface area (TPSA) is 65.2 Å². The zero-order chi connectivity index (χ0) is 20.0. The molecule has 2 N–H and O–H groups in total. The molecule has 1 amide bonds. The summed E-state index contributed by atoms with van der Waals surface area (Å²) in [6, 6.07) is 7.94. The molecule has 0 spiro atoms. The fourth-order valence-electron chi connectivity index (χ4n) is 3.49. The molecule has 0 radical (unpaired) electrons. The van der Waals surface area contributed by atoms with E-state index in [1.807, 2.05) is 32.0 Å². The van der Waals surface area contributed by atoms with Crippen LogP contribution in [0.15, 0.2) is 24.3 Å². The highest BCUT2D eigenvalue weighted by Crippen LogP contribution is 2.23. The number of nitrogens with zero attached hydrogens (tertiary/aromatic N) is 1. The first-order valence-electron chi connectivity index (χ1n) is 9.76. The summed E-state index contributed by atoms with van der Waals surface area (Å²) in [6.45, 7) is 12.6.